The van der Waals surface area contributed by atoms with Crippen molar-refractivity contribution in [2.45, 2.75) is 33.1 Å². The molecule has 1 aromatic heterocycles. The van der Waals surface area contributed by atoms with Gasteiger partial charge in [0.1, 0.15) is 17.1 Å². The van der Waals surface area contributed by atoms with Gasteiger partial charge in [-0.3, -0.25) is 14.9 Å². The van der Waals surface area contributed by atoms with Crippen molar-refractivity contribution in [3.05, 3.63) is 83.1 Å². The van der Waals surface area contributed by atoms with Crippen molar-refractivity contribution >= 4 is 35.6 Å². The number of nitrogens with zero attached hydrogens (tertiary/aromatic N) is 1. The molecule has 1 N–H and O–H groups in total. The standard InChI is InChI=1S/C28H26N2O6/c1-3-5-16-35-27(33)20-10-8-19(9-11-20)24-15-14-22(36-24)17-23-25(31)29-28(34)30(26(23)32)21-12-6-18(4-2)7-13-21/h6-15,17H,3-5,16H2,1-2H3,(H,29,31,34). The molecule has 1 saturated heterocycles. The molecule has 2 aromatic carbocycles. The lowest BCUT2D eigenvalue weighted by atomic mass is 10.1. The summed E-state index contributed by atoms with van der Waals surface area (Å²) in [5.41, 5.74) is 2.34. The van der Waals surface area contributed by atoms with Crippen molar-refractivity contribution in [1.82, 2.24) is 5.32 Å². The molecule has 1 aliphatic rings. The number of hydrogen-bond donors (Lipinski definition) is 1. The van der Waals surface area contributed by atoms with Gasteiger partial charge in [-0.15, -0.1) is 0 Å². The predicted octanol–water partition coefficient (Wildman–Crippen LogP) is 5.13. The van der Waals surface area contributed by atoms with Crippen LogP contribution >= 0.6 is 0 Å². The summed E-state index contributed by atoms with van der Waals surface area (Å²) in [7, 11) is 0. The lowest BCUT2D eigenvalue weighted by molar-refractivity contribution is -0.122. The van der Waals surface area contributed by atoms with E-state index in [4.69, 9.17) is 9.15 Å². The smallest absolute Gasteiger partial charge is 0.338 e. The third kappa shape index (κ3) is 5.27. The topological polar surface area (TPSA) is 106 Å². The van der Waals surface area contributed by atoms with Crippen molar-refractivity contribution < 1.29 is 28.3 Å². The molecule has 3 aromatic rings. The van der Waals surface area contributed by atoms with Crippen LogP contribution in [0.1, 0.15) is 48.4 Å². The normalized spacial score (nSPS) is 14.8. The Bertz CT molecular complexity index is 1320. The number of nitrogens with one attached hydrogen (secondary N) is 1. The fourth-order valence-electron chi connectivity index (χ4n) is 3.66. The first-order chi connectivity index (χ1) is 17.4. The summed E-state index contributed by atoms with van der Waals surface area (Å²) in [6, 6.07) is 16.2. The molecule has 1 fully saturated rings. The van der Waals surface area contributed by atoms with Crippen molar-refractivity contribution in [3.8, 4) is 11.3 Å². The van der Waals surface area contributed by atoms with Crippen molar-refractivity contribution in [2.75, 3.05) is 11.5 Å². The molecule has 0 radical (unpaired) electrons. The van der Waals surface area contributed by atoms with Crippen LogP contribution in [0, 0.1) is 0 Å². The minimum atomic E-state index is -0.806. The van der Waals surface area contributed by atoms with E-state index in [0.29, 0.717) is 29.2 Å². The van der Waals surface area contributed by atoms with Crippen LogP contribution in [0.2, 0.25) is 0 Å². The summed E-state index contributed by atoms with van der Waals surface area (Å²) < 4.78 is 11.0. The molecule has 1 aliphatic heterocycles. The van der Waals surface area contributed by atoms with Crippen LogP contribution in [0.3, 0.4) is 0 Å². The molecular formula is C28H26N2O6. The first kappa shape index (κ1) is 24.7. The third-order valence-corrected chi connectivity index (χ3v) is 5.75. The Morgan fingerprint density at radius 2 is 1.69 bits per heavy atom. The molecule has 0 aliphatic carbocycles. The van der Waals surface area contributed by atoms with Crippen LogP contribution in [-0.4, -0.2) is 30.4 Å². The number of benzene rings is 2. The van der Waals surface area contributed by atoms with E-state index in [-0.39, 0.29) is 17.3 Å². The Balaban J connectivity index is 1.53. The Morgan fingerprint density at radius 1 is 0.972 bits per heavy atom. The summed E-state index contributed by atoms with van der Waals surface area (Å²) >= 11 is 0. The van der Waals surface area contributed by atoms with Crippen molar-refractivity contribution in [2.24, 2.45) is 0 Å². The van der Waals surface area contributed by atoms with Gasteiger partial charge in [-0.1, -0.05) is 44.5 Å². The van der Waals surface area contributed by atoms with Gasteiger partial charge >= 0.3 is 12.0 Å². The zero-order valence-corrected chi connectivity index (χ0v) is 20.1. The Kier molecular flexibility index (Phi) is 7.44. The highest BCUT2D eigenvalue weighted by atomic mass is 16.5. The number of amides is 4. The molecule has 0 saturated carbocycles. The van der Waals surface area contributed by atoms with Gasteiger partial charge in [0, 0.05) is 5.56 Å². The van der Waals surface area contributed by atoms with Gasteiger partial charge in [0.25, 0.3) is 11.8 Å². The van der Waals surface area contributed by atoms with E-state index in [1.165, 1.54) is 6.08 Å². The highest BCUT2D eigenvalue weighted by Crippen LogP contribution is 2.26. The van der Waals surface area contributed by atoms with Gasteiger partial charge in [-0.2, -0.15) is 0 Å². The Labute approximate surface area is 208 Å². The Morgan fingerprint density at radius 3 is 2.36 bits per heavy atom. The van der Waals surface area contributed by atoms with E-state index in [2.05, 4.69) is 5.32 Å². The second-order valence-electron chi connectivity index (χ2n) is 8.25. The van der Waals surface area contributed by atoms with E-state index in [9.17, 15) is 19.2 Å². The van der Waals surface area contributed by atoms with Crippen molar-refractivity contribution in [3.63, 3.8) is 0 Å². The largest absolute Gasteiger partial charge is 0.462 e. The van der Waals surface area contributed by atoms with Gasteiger partial charge in [-0.25, -0.2) is 14.5 Å². The maximum atomic E-state index is 13.1. The Hall–Kier alpha value is -4.46. The number of aryl methyl sites for hydroxylation is 1. The maximum absolute atomic E-state index is 13.1. The van der Waals surface area contributed by atoms with Gasteiger partial charge in [0.2, 0.25) is 0 Å². The molecule has 8 heteroatoms. The predicted molar refractivity (Wildman–Crippen MR) is 134 cm³/mol. The minimum absolute atomic E-state index is 0.222. The molecular weight excluding hydrogens is 460 g/mol. The number of ether oxygens (including phenoxy) is 1. The van der Waals surface area contributed by atoms with Crippen LogP contribution in [-0.2, 0) is 20.7 Å². The number of carbonyl (C=O) groups excluding carboxylic acids is 4. The van der Waals surface area contributed by atoms with Crippen LogP contribution in [0.15, 0.2) is 70.7 Å². The number of rotatable bonds is 8. The fourth-order valence-corrected chi connectivity index (χ4v) is 3.66. The first-order valence-electron chi connectivity index (χ1n) is 11.8. The van der Waals surface area contributed by atoms with E-state index in [0.717, 1.165) is 29.7 Å². The summed E-state index contributed by atoms with van der Waals surface area (Å²) in [5, 5.41) is 2.20. The van der Waals surface area contributed by atoms with Crippen LogP contribution in [0.25, 0.3) is 17.4 Å². The average Bonchev–Trinajstić information content (AvgIpc) is 3.36. The molecule has 184 valence electrons. The number of hydrogen-bond acceptors (Lipinski definition) is 6. The molecule has 8 nitrogen and oxygen atoms in total. The minimum Gasteiger partial charge on any atom is -0.462 e. The number of anilines is 1. The number of barbiturate groups is 1. The van der Waals surface area contributed by atoms with E-state index in [1.54, 1.807) is 48.5 Å². The van der Waals surface area contributed by atoms with E-state index < -0.39 is 17.8 Å². The summed E-state index contributed by atoms with van der Waals surface area (Å²) in [6.07, 6.45) is 3.88. The number of furan rings is 1. The number of unbranched alkanes of at least 4 members (excludes halogenated alkanes) is 1. The van der Waals surface area contributed by atoms with Gasteiger partial charge < -0.3 is 9.15 Å². The average molecular weight is 487 g/mol. The highest BCUT2D eigenvalue weighted by Gasteiger charge is 2.37. The SMILES string of the molecule is CCCCOC(=O)c1ccc(-c2ccc(C=C3C(=O)NC(=O)N(c4ccc(CC)cc4)C3=O)o2)cc1. The molecule has 36 heavy (non-hydrogen) atoms. The van der Waals surface area contributed by atoms with Gasteiger partial charge in [-0.05, 0) is 60.9 Å². The second kappa shape index (κ2) is 10.9. The monoisotopic (exact) mass is 486 g/mol. The lowest BCUT2D eigenvalue weighted by Crippen LogP contribution is -2.54. The molecule has 2 heterocycles. The van der Waals surface area contributed by atoms with Crippen LogP contribution < -0.4 is 10.2 Å². The first-order valence-corrected chi connectivity index (χ1v) is 11.8. The number of imide groups is 2. The molecule has 4 amide bonds. The second-order valence-corrected chi connectivity index (χ2v) is 8.25. The van der Waals surface area contributed by atoms with Gasteiger partial charge in [0.15, 0.2) is 0 Å². The summed E-state index contributed by atoms with van der Waals surface area (Å²) in [6.45, 7) is 4.40. The quantitative estimate of drug-likeness (QED) is 0.205. The summed E-state index contributed by atoms with van der Waals surface area (Å²) in [5.74, 6) is -1.17. The molecule has 0 unspecified atom stereocenters. The van der Waals surface area contributed by atoms with E-state index >= 15 is 0 Å². The van der Waals surface area contributed by atoms with E-state index in [1.807, 2.05) is 26.0 Å². The van der Waals surface area contributed by atoms with Crippen LogP contribution in [0.5, 0.6) is 0 Å². The van der Waals surface area contributed by atoms with Crippen LogP contribution in [0.4, 0.5) is 10.5 Å². The maximum Gasteiger partial charge on any atom is 0.338 e. The number of urea groups is 1. The zero-order valence-electron chi connectivity index (χ0n) is 20.1. The zero-order chi connectivity index (χ0) is 25.7. The highest BCUT2D eigenvalue weighted by molar-refractivity contribution is 6.39. The number of esters is 1. The number of carbonyl (C=O) groups is 4. The fraction of sp³-hybridized carbons (Fsp3) is 0.214. The lowest BCUT2D eigenvalue weighted by Gasteiger charge is -2.26. The molecule has 0 bridgehead atoms. The molecule has 0 spiro atoms. The van der Waals surface area contributed by atoms with Crippen molar-refractivity contribution in [1.29, 1.82) is 0 Å². The molecule has 4 rings (SSSR count). The molecule has 0 atom stereocenters. The third-order valence-electron chi connectivity index (χ3n) is 5.75. The summed E-state index contributed by atoms with van der Waals surface area (Å²) in [4.78, 5) is 50.9. The van der Waals surface area contributed by atoms with Gasteiger partial charge in [0.05, 0.1) is 17.9 Å².